The van der Waals surface area contributed by atoms with Crippen molar-refractivity contribution in [2.45, 2.75) is 33.1 Å². The van der Waals surface area contributed by atoms with Crippen LogP contribution in [0.25, 0.3) is 5.69 Å². The summed E-state index contributed by atoms with van der Waals surface area (Å²) in [7, 11) is 0. The Hall–Kier alpha value is -1.97. The van der Waals surface area contributed by atoms with Gasteiger partial charge in [-0.05, 0) is 18.1 Å². The molecule has 2 aromatic rings. The maximum absolute atomic E-state index is 12.1. The number of hydrogen-bond donors (Lipinski definition) is 0. The first-order valence-electron chi connectivity index (χ1n) is 6.75. The number of nitrogens with zero attached hydrogens (tertiary/aromatic N) is 3. The molecular weight excluding hydrogens is 238 g/mol. The summed E-state index contributed by atoms with van der Waals surface area (Å²) in [5.74, 6) is 0.519. The van der Waals surface area contributed by atoms with E-state index in [1.807, 2.05) is 30.3 Å². The summed E-state index contributed by atoms with van der Waals surface area (Å²) in [5.41, 5.74) is 1.32. The van der Waals surface area contributed by atoms with E-state index in [4.69, 9.17) is 0 Å². The van der Waals surface area contributed by atoms with E-state index in [-0.39, 0.29) is 5.78 Å². The zero-order valence-corrected chi connectivity index (χ0v) is 11.4. The molecule has 0 N–H and O–H groups in total. The topological polar surface area (TPSA) is 47.8 Å². The summed E-state index contributed by atoms with van der Waals surface area (Å²) < 4.78 is 0. The molecule has 0 unspecified atom stereocenters. The molecular formula is C15H19N3O. The summed E-state index contributed by atoms with van der Waals surface area (Å²) in [6, 6.07) is 9.60. The maximum atomic E-state index is 12.1. The normalized spacial score (nSPS) is 10.9. The van der Waals surface area contributed by atoms with Crippen LogP contribution in [0.5, 0.6) is 0 Å². The van der Waals surface area contributed by atoms with Crippen LogP contribution >= 0.6 is 0 Å². The minimum absolute atomic E-state index is 0.0795. The predicted octanol–water partition coefficient (Wildman–Crippen LogP) is 3.28. The molecule has 19 heavy (non-hydrogen) atoms. The zero-order chi connectivity index (χ0) is 13.7. The SMILES string of the molecule is CCC(CC)CC(=O)c1cnn(-c2ccccc2)n1. The number of carbonyl (C=O) groups excluding carboxylic acids is 1. The molecule has 1 aromatic carbocycles. The van der Waals surface area contributed by atoms with Crippen LogP contribution in [0.4, 0.5) is 0 Å². The average molecular weight is 257 g/mol. The number of Topliss-reactive ketones (excluding diaryl/α,β-unsaturated/α-hetero) is 1. The monoisotopic (exact) mass is 257 g/mol. The lowest BCUT2D eigenvalue weighted by atomic mass is 9.96. The van der Waals surface area contributed by atoms with Crippen molar-refractivity contribution in [3.8, 4) is 5.69 Å². The minimum atomic E-state index is 0.0795. The quantitative estimate of drug-likeness (QED) is 0.746. The first-order chi connectivity index (χ1) is 9.24. The fourth-order valence-corrected chi connectivity index (χ4v) is 2.02. The second kappa shape index (κ2) is 6.27. The van der Waals surface area contributed by atoms with Crippen LogP contribution in [0.2, 0.25) is 0 Å². The third-order valence-electron chi connectivity index (χ3n) is 3.39. The summed E-state index contributed by atoms with van der Waals surface area (Å²) >= 11 is 0. The number of carbonyl (C=O) groups is 1. The smallest absolute Gasteiger partial charge is 0.185 e. The number of ketones is 1. The van der Waals surface area contributed by atoms with E-state index in [0.29, 0.717) is 18.0 Å². The van der Waals surface area contributed by atoms with Gasteiger partial charge in [-0.15, -0.1) is 5.10 Å². The minimum Gasteiger partial charge on any atom is -0.292 e. The fourth-order valence-electron chi connectivity index (χ4n) is 2.02. The van der Waals surface area contributed by atoms with Gasteiger partial charge in [-0.1, -0.05) is 44.9 Å². The number of benzene rings is 1. The van der Waals surface area contributed by atoms with Crippen LogP contribution in [-0.2, 0) is 0 Å². The Kier molecular flexibility index (Phi) is 4.44. The van der Waals surface area contributed by atoms with E-state index in [1.54, 1.807) is 6.20 Å². The highest BCUT2D eigenvalue weighted by atomic mass is 16.1. The van der Waals surface area contributed by atoms with Crippen LogP contribution in [-0.4, -0.2) is 20.8 Å². The standard InChI is InChI=1S/C15H19N3O/c1-3-12(4-2)10-15(19)14-11-16-18(17-14)13-8-6-5-7-9-13/h5-9,11-12H,3-4,10H2,1-2H3. The third kappa shape index (κ3) is 3.28. The highest BCUT2D eigenvalue weighted by Crippen LogP contribution is 2.15. The average Bonchev–Trinajstić information content (AvgIpc) is 2.95. The van der Waals surface area contributed by atoms with E-state index >= 15 is 0 Å². The molecule has 100 valence electrons. The lowest BCUT2D eigenvalue weighted by Gasteiger charge is -2.08. The first-order valence-corrected chi connectivity index (χ1v) is 6.75. The molecule has 0 fully saturated rings. The van der Waals surface area contributed by atoms with Gasteiger partial charge < -0.3 is 0 Å². The Morgan fingerprint density at radius 1 is 1.21 bits per heavy atom. The number of para-hydroxylation sites is 1. The second-order valence-corrected chi connectivity index (χ2v) is 4.66. The largest absolute Gasteiger partial charge is 0.292 e. The lowest BCUT2D eigenvalue weighted by Crippen LogP contribution is -2.09. The molecule has 4 nitrogen and oxygen atoms in total. The van der Waals surface area contributed by atoms with Crippen LogP contribution < -0.4 is 0 Å². The van der Waals surface area contributed by atoms with E-state index in [0.717, 1.165) is 18.5 Å². The van der Waals surface area contributed by atoms with E-state index in [1.165, 1.54) is 4.80 Å². The van der Waals surface area contributed by atoms with Gasteiger partial charge in [0.2, 0.25) is 0 Å². The second-order valence-electron chi connectivity index (χ2n) is 4.66. The van der Waals surface area contributed by atoms with Crippen molar-refractivity contribution < 1.29 is 4.79 Å². The Morgan fingerprint density at radius 3 is 2.53 bits per heavy atom. The van der Waals surface area contributed by atoms with Crippen LogP contribution in [0.1, 0.15) is 43.6 Å². The first kappa shape index (κ1) is 13.5. The number of hydrogen-bond acceptors (Lipinski definition) is 3. The van der Waals surface area contributed by atoms with Gasteiger partial charge in [-0.2, -0.15) is 9.90 Å². The van der Waals surface area contributed by atoms with Crippen molar-refractivity contribution in [1.82, 2.24) is 15.0 Å². The molecule has 4 heteroatoms. The summed E-state index contributed by atoms with van der Waals surface area (Å²) in [4.78, 5) is 13.6. The molecule has 1 heterocycles. The Labute approximate surface area is 113 Å². The van der Waals surface area contributed by atoms with Gasteiger partial charge in [0.1, 0.15) is 5.69 Å². The summed E-state index contributed by atoms with van der Waals surface area (Å²) in [6.07, 6.45) is 4.16. The van der Waals surface area contributed by atoms with Crippen molar-refractivity contribution in [1.29, 1.82) is 0 Å². The molecule has 2 rings (SSSR count). The van der Waals surface area contributed by atoms with Gasteiger partial charge in [0.25, 0.3) is 0 Å². The van der Waals surface area contributed by atoms with Crippen LogP contribution in [0, 0.1) is 5.92 Å². The van der Waals surface area contributed by atoms with Crippen molar-refractivity contribution in [2.24, 2.45) is 5.92 Å². The van der Waals surface area contributed by atoms with E-state index in [9.17, 15) is 4.79 Å². The Bertz CT molecular complexity index is 529. The molecule has 0 amide bonds. The van der Waals surface area contributed by atoms with Gasteiger partial charge in [0.15, 0.2) is 5.78 Å². The molecule has 0 bridgehead atoms. The summed E-state index contributed by atoms with van der Waals surface area (Å²) in [5, 5.41) is 8.41. The Morgan fingerprint density at radius 2 is 1.89 bits per heavy atom. The molecule has 0 aliphatic rings. The summed E-state index contributed by atoms with van der Waals surface area (Å²) in [6.45, 7) is 4.23. The van der Waals surface area contributed by atoms with Gasteiger partial charge >= 0.3 is 0 Å². The Balaban J connectivity index is 2.11. The number of rotatable bonds is 6. The van der Waals surface area contributed by atoms with Crippen LogP contribution in [0.15, 0.2) is 36.5 Å². The van der Waals surface area contributed by atoms with Gasteiger partial charge in [0.05, 0.1) is 11.9 Å². The van der Waals surface area contributed by atoms with Crippen molar-refractivity contribution in [2.75, 3.05) is 0 Å². The predicted molar refractivity (Wildman–Crippen MR) is 74.4 cm³/mol. The lowest BCUT2D eigenvalue weighted by molar-refractivity contribution is 0.0953. The van der Waals surface area contributed by atoms with Crippen molar-refractivity contribution in [3.05, 3.63) is 42.2 Å². The highest BCUT2D eigenvalue weighted by molar-refractivity contribution is 5.94. The van der Waals surface area contributed by atoms with Gasteiger partial charge in [0, 0.05) is 6.42 Å². The van der Waals surface area contributed by atoms with Gasteiger partial charge in [-0.3, -0.25) is 4.79 Å². The molecule has 0 aliphatic heterocycles. The highest BCUT2D eigenvalue weighted by Gasteiger charge is 2.15. The van der Waals surface area contributed by atoms with E-state index < -0.39 is 0 Å². The molecule has 0 saturated carbocycles. The molecule has 0 spiro atoms. The van der Waals surface area contributed by atoms with Crippen molar-refractivity contribution in [3.63, 3.8) is 0 Å². The van der Waals surface area contributed by atoms with E-state index in [2.05, 4.69) is 24.0 Å². The molecule has 0 radical (unpaired) electrons. The molecule has 0 aliphatic carbocycles. The van der Waals surface area contributed by atoms with Gasteiger partial charge in [-0.25, -0.2) is 0 Å². The molecule has 1 aromatic heterocycles. The molecule has 0 saturated heterocycles. The maximum Gasteiger partial charge on any atom is 0.185 e. The molecule has 0 atom stereocenters. The zero-order valence-electron chi connectivity index (χ0n) is 11.4. The van der Waals surface area contributed by atoms with Crippen molar-refractivity contribution >= 4 is 5.78 Å². The number of aromatic nitrogens is 3. The third-order valence-corrected chi connectivity index (χ3v) is 3.39. The fraction of sp³-hybridized carbons (Fsp3) is 0.400. The van der Waals surface area contributed by atoms with Crippen LogP contribution in [0.3, 0.4) is 0 Å².